The maximum atomic E-state index is 9.87. The van der Waals surface area contributed by atoms with Crippen LogP contribution in [-0.4, -0.2) is 25.0 Å². The summed E-state index contributed by atoms with van der Waals surface area (Å²) in [5.74, 6) is 0.127. The molecule has 0 saturated carbocycles. The Morgan fingerprint density at radius 3 is 3.00 bits per heavy atom. The fourth-order valence-electron chi connectivity index (χ4n) is 0.506. The highest BCUT2D eigenvalue weighted by Gasteiger charge is 2.17. The molecule has 0 aliphatic carbocycles. The predicted molar refractivity (Wildman–Crippen MR) is 26.7 cm³/mol. The van der Waals surface area contributed by atoms with Gasteiger partial charge in [-0.2, -0.15) is 0 Å². The molecular formula is C4H6N2O2. The summed E-state index contributed by atoms with van der Waals surface area (Å²) in [5, 5.41) is 9.48. The lowest BCUT2D eigenvalue weighted by atomic mass is 10.6. The van der Waals surface area contributed by atoms with Crippen LogP contribution in [0, 0.1) is 5.41 Å². The van der Waals surface area contributed by atoms with Crippen LogP contribution in [0.3, 0.4) is 0 Å². The van der Waals surface area contributed by atoms with Crippen molar-refractivity contribution in [2.45, 2.75) is 6.23 Å². The van der Waals surface area contributed by atoms with Crippen molar-refractivity contribution in [1.82, 2.24) is 5.32 Å². The summed E-state index contributed by atoms with van der Waals surface area (Å²) < 4.78 is 4.61. The number of aldehydes is 1. The minimum atomic E-state index is -0.581. The molecule has 4 heteroatoms. The van der Waals surface area contributed by atoms with Gasteiger partial charge in [0.1, 0.15) is 0 Å². The fourth-order valence-corrected chi connectivity index (χ4v) is 0.506. The van der Waals surface area contributed by atoms with E-state index in [0.29, 0.717) is 12.8 Å². The minimum absolute atomic E-state index is 0.127. The van der Waals surface area contributed by atoms with Crippen LogP contribution in [0.4, 0.5) is 0 Å². The first kappa shape index (κ1) is 5.24. The van der Waals surface area contributed by atoms with Gasteiger partial charge in [0, 0.05) is 0 Å². The monoisotopic (exact) mass is 114 g/mol. The van der Waals surface area contributed by atoms with E-state index in [1.54, 1.807) is 0 Å². The molecule has 1 fully saturated rings. The van der Waals surface area contributed by atoms with Crippen LogP contribution >= 0.6 is 0 Å². The van der Waals surface area contributed by atoms with Crippen molar-refractivity contribution in [3.63, 3.8) is 0 Å². The zero-order valence-corrected chi connectivity index (χ0v) is 4.18. The molecule has 1 rings (SSSR count). The topological polar surface area (TPSA) is 62.2 Å². The van der Waals surface area contributed by atoms with E-state index in [2.05, 4.69) is 10.1 Å². The molecule has 1 aliphatic rings. The zero-order chi connectivity index (χ0) is 5.98. The third-order valence-electron chi connectivity index (χ3n) is 0.857. The van der Waals surface area contributed by atoms with Gasteiger partial charge in [0.15, 0.2) is 12.2 Å². The Hall–Kier alpha value is -0.900. The van der Waals surface area contributed by atoms with E-state index in [-0.39, 0.29) is 5.90 Å². The fraction of sp³-hybridized carbons (Fsp3) is 0.500. The van der Waals surface area contributed by atoms with Crippen LogP contribution in [0.15, 0.2) is 0 Å². The first-order valence-corrected chi connectivity index (χ1v) is 2.25. The number of carbonyl (C=O) groups excluding carboxylic acids is 1. The SMILES string of the molecule is N=C1CNC(C=O)O1. The van der Waals surface area contributed by atoms with E-state index in [9.17, 15) is 4.79 Å². The molecule has 0 aromatic heterocycles. The standard InChI is InChI=1S/C4H6N2O2/c5-3-1-6-4(2-7)8-3/h2,4-6H,1H2. The van der Waals surface area contributed by atoms with Gasteiger partial charge in [-0.1, -0.05) is 0 Å². The summed E-state index contributed by atoms with van der Waals surface area (Å²) in [6, 6.07) is 0. The van der Waals surface area contributed by atoms with E-state index < -0.39 is 6.23 Å². The van der Waals surface area contributed by atoms with Gasteiger partial charge in [-0.05, 0) is 0 Å². The van der Waals surface area contributed by atoms with E-state index in [4.69, 9.17) is 5.41 Å². The summed E-state index contributed by atoms with van der Waals surface area (Å²) in [4.78, 5) is 9.87. The van der Waals surface area contributed by atoms with Gasteiger partial charge in [0.2, 0.25) is 6.23 Å². The molecule has 1 unspecified atom stereocenters. The molecule has 0 spiro atoms. The summed E-state index contributed by atoms with van der Waals surface area (Å²) in [6.07, 6.45) is 0.0455. The second kappa shape index (κ2) is 1.92. The van der Waals surface area contributed by atoms with Gasteiger partial charge >= 0.3 is 0 Å². The first-order valence-electron chi connectivity index (χ1n) is 2.25. The molecule has 8 heavy (non-hydrogen) atoms. The third kappa shape index (κ3) is 0.840. The number of hydrogen-bond acceptors (Lipinski definition) is 4. The Balaban J connectivity index is 2.43. The molecule has 0 radical (unpaired) electrons. The molecule has 1 saturated heterocycles. The number of ether oxygens (including phenoxy) is 1. The van der Waals surface area contributed by atoms with Crippen molar-refractivity contribution in [3.05, 3.63) is 0 Å². The Kier molecular flexibility index (Phi) is 1.26. The molecule has 44 valence electrons. The van der Waals surface area contributed by atoms with Crippen LogP contribution in [-0.2, 0) is 9.53 Å². The zero-order valence-electron chi connectivity index (χ0n) is 4.18. The maximum absolute atomic E-state index is 9.87. The highest BCUT2D eigenvalue weighted by Crippen LogP contribution is 1.91. The molecule has 1 aliphatic heterocycles. The lowest BCUT2D eigenvalue weighted by Crippen LogP contribution is -2.23. The molecule has 0 aromatic carbocycles. The Labute approximate surface area is 46.3 Å². The Morgan fingerprint density at radius 1 is 2.00 bits per heavy atom. The number of hydrogen-bond donors (Lipinski definition) is 2. The van der Waals surface area contributed by atoms with Gasteiger partial charge in [0.25, 0.3) is 0 Å². The maximum Gasteiger partial charge on any atom is 0.208 e. The highest BCUT2D eigenvalue weighted by molar-refractivity contribution is 5.80. The van der Waals surface area contributed by atoms with Crippen molar-refractivity contribution in [2.24, 2.45) is 0 Å². The van der Waals surface area contributed by atoms with Crippen molar-refractivity contribution < 1.29 is 9.53 Å². The number of carbonyl (C=O) groups is 1. The summed E-state index contributed by atoms with van der Waals surface area (Å²) in [6.45, 7) is 0.364. The molecule has 2 N–H and O–H groups in total. The number of nitrogens with one attached hydrogen (secondary N) is 2. The van der Waals surface area contributed by atoms with Crippen molar-refractivity contribution >= 4 is 12.2 Å². The molecular weight excluding hydrogens is 108 g/mol. The van der Waals surface area contributed by atoms with Crippen LogP contribution in [0.25, 0.3) is 0 Å². The first-order chi connectivity index (χ1) is 3.83. The molecule has 4 nitrogen and oxygen atoms in total. The average Bonchev–Trinajstić information content (AvgIpc) is 2.14. The molecule has 0 aromatic rings. The lowest BCUT2D eigenvalue weighted by molar-refractivity contribution is -0.114. The van der Waals surface area contributed by atoms with E-state index in [1.807, 2.05) is 0 Å². The van der Waals surface area contributed by atoms with Gasteiger partial charge in [0.05, 0.1) is 6.54 Å². The van der Waals surface area contributed by atoms with Gasteiger partial charge in [-0.25, -0.2) is 0 Å². The number of rotatable bonds is 1. The Bertz CT molecular complexity index is 123. The van der Waals surface area contributed by atoms with Crippen LogP contribution in [0.5, 0.6) is 0 Å². The molecule has 0 bridgehead atoms. The summed E-state index contributed by atoms with van der Waals surface area (Å²) in [7, 11) is 0. The van der Waals surface area contributed by atoms with Crippen molar-refractivity contribution in [2.75, 3.05) is 6.54 Å². The van der Waals surface area contributed by atoms with E-state index in [0.717, 1.165) is 0 Å². The van der Waals surface area contributed by atoms with Crippen LogP contribution < -0.4 is 5.32 Å². The smallest absolute Gasteiger partial charge is 0.208 e. The lowest BCUT2D eigenvalue weighted by Gasteiger charge is -1.96. The normalized spacial score (nSPS) is 27.5. The largest absolute Gasteiger partial charge is 0.454 e. The average molecular weight is 114 g/mol. The second-order valence-electron chi connectivity index (χ2n) is 1.48. The van der Waals surface area contributed by atoms with Gasteiger partial charge in [-0.3, -0.25) is 15.5 Å². The van der Waals surface area contributed by atoms with Crippen LogP contribution in [0.2, 0.25) is 0 Å². The van der Waals surface area contributed by atoms with Crippen molar-refractivity contribution in [3.8, 4) is 0 Å². The highest BCUT2D eigenvalue weighted by atomic mass is 16.5. The second-order valence-corrected chi connectivity index (χ2v) is 1.48. The summed E-state index contributed by atoms with van der Waals surface area (Å²) >= 11 is 0. The third-order valence-corrected chi connectivity index (χ3v) is 0.857. The minimum Gasteiger partial charge on any atom is -0.454 e. The van der Waals surface area contributed by atoms with Gasteiger partial charge < -0.3 is 4.74 Å². The van der Waals surface area contributed by atoms with E-state index >= 15 is 0 Å². The predicted octanol–water partition coefficient (Wildman–Crippen LogP) is -0.892. The summed E-state index contributed by atoms with van der Waals surface area (Å²) in [5.41, 5.74) is 0. The molecule has 0 amide bonds. The van der Waals surface area contributed by atoms with Gasteiger partial charge in [-0.15, -0.1) is 0 Å². The Morgan fingerprint density at radius 2 is 2.75 bits per heavy atom. The molecule has 1 heterocycles. The van der Waals surface area contributed by atoms with Crippen LogP contribution in [0.1, 0.15) is 0 Å². The van der Waals surface area contributed by atoms with E-state index in [1.165, 1.54) is 0 Å². The molecule has 1 atom stereocenters. The quantitative estimate of drug-likeness (QED) is 0.434. The van der Waals surface area contributed by atoms with Crippen molar-refractivity contribution in [1.29, 1.82) is 5.41 Å².